The van der Waals surface area contributed by atoms with Crippen LogP contribution in [0.5, 0.6) is 0 Å². The van der Waals surface area contributed by atoms with E-state index in [1.807, 2.05) is 24.3 Å². The molecular formula is C26H30N2O5. The minimum absolute atomic E-state index is 0.0112. The van der Waals surface area contributed by atoms with E-state index in [4.69, 9.17) is 4.74 Å². The fourth-order valence-electron chi connectivity index (χ4n) is 4.96. The van der Waals surface area contributed by atoms with Crippen LogP contribution in [0, 0.1) is 0 Å². The molecule has 0 saturated heterocycles. The van der Waals surface area contributed by atoms with E-state index in [1.165, 1.54) is 11.1 Å². The summed E-state index contributed by atoms with van der Waals surface area (Å²) in [5.41, 5.74) is 3.50. The van der Waals surface area contributed by atoms with Gasteiger partial charge in [-0.3, -0.25) is 4.79 Å². The number of ether oxygens (including phenoxy) is 1. The average molecular weight is 451 g/mol. The van der Waals surface area contributed by atoms with Crippen molar-refractivity contribution >= 4 is 18.0 Å². The molecule has 2 aliphatic rings. The van der Waals surface area contributed by atoms with Crippen molar-refractivity contribution in [1.82, 2.24) is 10.6 Å². The topological polar surface area (TPSA) is 105 Å². The lowest BCUT2D eigenvalue weighted by Crippen LogP contribution is -2.52. The molecule has 2 aromatic carbocycles. The first-order chi connectivity index (χ1) is 15.9. The van der Waals surface area contributed by atoms with Crippen LogP contribution in [0.25, 0.3) is 11.1 Å². The smallest absolute Gasteiger partial charge is 0.407 e. The van der Waals surface area contributed by atoms with E-state index in [-0.39, 0.29) is 30.9 Å². The first kappa shape index (κ1) is 22.8. The number of rotatable bonds is 8. The molecule has 0 aromatic heterocycles. The third kappa shape index (κ3) is 4.87. The third-order valence-corrected chi connectivity index (χ3v) is 6.76. The molecule has 4 rings (SSSR count). The van der Waals surface area contributed by atoms with Gasteiger partial charge in [-0.05, 0) is 48.4 Å². The maximum absolute atomic E-state index is 12.4. The quantitative estimate of drug-likeness (QED) is 0.559. The van der Waals surface area contributed by atoms with Crippen molar-refractivity contribution in [2.45, 2.75) is 62.9 Å². The zero-order valence-corrected chi connectivity index (χ0v) is 18.8. The van der Waals surface area contributed by atoms with Gasteiger partial charge in [0, 0.05) is 18.4 Å². The number of carboxylic acid groups (broad SMARTS) is 1. The zero-order valence-electron chi connectivity index (χ0n) is 18.8. The van der Waals surface area contributed by atoms with Crippen LogP contribution in [0.15, 0.2) is 48.5 Å². The van der Waals surface area contributed by atoms with Gasteiger partial charge in [0.25, 0.3) is 0 Å². The lowest BCUT2D eigenvalue weighted by molar-refractivity contribution is -0.147. The summed E-state index contributed by atoms with van der Waals surface area (Å²) in [6.45, 7) is 2.03. The molecule has 0 bridgehead atoms. The summed E-state index contributed by atoms with van der Waals surface area (Å²) in [5, 5.41) is 15.0. The number of hydrogen-bond donors (Lipinski definition) is 3. The number of carboxylic acids is 1. The van der Waals surface area contributed by atoms with Crippen molar-refractivity contribution in [1.29, 1.82) is 0 Å². The maximum Gasteiger partial charge on any atom is 0.407 e. The summed E-state index contributed by atoms with van der Waals surface area (Å²) in [6.07, 6.45) is 2.52. The predicted molar refractivity (Wildman–Crippen MR) is 124 cm³/mol. The highest BCUT2D eigenvalue weighted by Crippen LogP contribution is 2.44. The van der Waals surface area contributed by atoms with Crippen molar-refractivity contribution in [3.63, 3.8) is 0 Å². The Labute approximate surface area is 193 Å². The molecule has 1 saturated carbocycles. The molecule has 0 aliphatic heterocycles. The molecule has 2 aliphatic carbocycles. The second-order valence-corrected chi connectivity index (χ2v) is 9.05. The van der Waals surface area contributed by atoms with Gasteiger partial charge in [-0.1, -0.05) is 61.4 Å². The Balaban J connectivity index is 1.26. The van der Waals surface area contributed by atoms with Crippen molar-refractivity contribution in [3.8, 4) is 11.1 Å². The fraction of sp³-hybridized carbons (Fsp3) is 0.423. The van der Waals surface area contributed by atoms with Crippen LogP contribution < -0.4 is 10.6 Å². The molecule has 2 aromatic rings. The van der Waals surface area contributed by atoms with Gasteiger partial charge in [-0.15, -0.1) is 0 Å². The molecule has 2 amide bonds. The van der Waals surface area contributed by atoms with Crippen LogP contribution in [0.4, 0.5) is 4.79 Å². The lowest BCUT2D eigenvalue weighted by Gasteiger charge is -2.25. The fourth-order valence-corrected chi connectivity index (χ4v) is 4.96. The van der Waals surface area contributed by atoms with Gasteiger partial charge in [-0.2, -0.15) is 0 Å². The number of hydrogen-bond acceptors (Lipinski definition) is 4. The second kappa shape index (κ2) is 9.65. The molecule has 1 atom stereocenters. The summed E-state index contributed by atoms with van der Waals surface area (Å²) in [7, 11) is 0. The van der Waals surface area contributed by atoms with Crippen molar-refractivity contribution in [2.75, 3.05) is 6.61 Å². The summed E-state index contributed by atoms with van der Waals surface area (Å²) < 4.78 is 5.54. The minimum Gasteiger partial charge on any atom is -0.480 e. The number of fused-ring (bicyclic) bond motifs is 3. The Morgan fingerprint density at radius 3 is 2.18 bits per heavy atom. The highest BCUT2D eigenvalue weighted by Gasteiger charge is 2.42. The van der Waals surface area contributed by atoms with E-state index >= 15 is 0 Å². The molecule has 7 nitrogen and oxygen atoms in total. The largest absolute Gasteiger partial charge is 0.480 e. The number of alkyl carbamates (subject to hydrolysis) is 1. The molecule has 3 N–H and O–H groups in total. The van der Waals surface area contributed by atoms with Crippen molar-refractivity contribution in [3.05, 3.63) is 59.7 Å². The standard InChI is InChI=1S/C26H30N2O5/c1-17(12-13-23(29)28-26(24(30)31)14-6-7-15-26)27-25(32)33-16-22-20-10-4-2-8-18(20)19-9-3-5-11-21(19)22/h2-5,8-11,17,22H,6-7,12-16H2,1H3,(H,27,32)(H,28,29)(H,30,31). The van der Waals surface area contributed by atoms with Gasteiger partial charge in [0.2, 0.25) is 5.91 Å². The summed E-state index contributed by atoms with van der Waals surface area (Å²) in [6, 6.07) is 16.0. The number of carbonyl (C=O) groups is 3. The third-order valence-electron chi connectivity index (χ3n) is 6.76. The average Bonchev–Trinajstić information content (AvgIpc) is 3.40. The van der Waals surface area contributed by atoms with E-state index < -0.39 is 17.6 Å². The van der Waals surface area contributed by atoms with E-state index in [2.05, 4.69) is 34.9 Å². The van der Waals surface area contributed by atoms with Crippen molar-refractivity contribution < 1.29 is 24.2 Å². The highest BCUT2D eigenvalue weighted by molar-refractivity contribution is 5.87. The Morgan fingerprint density at radius 1 is 1.03 bits per heavy atom. The Morgan fingerprint density at radius 2 is 1.61 bits per heavy atom. The molecule has 174 valence electrons. The molecule has 0 spiro atoms. The summed E-state index contributed by atoms with van der Waals surface area (Å²) in [4.78, 5) is 36.3. The SMILES string of the molecule is CC(CCC(=O)NC1(C(=O)O)CCCC1)NC(=O)OCC1c2ccccc2-c2ccccc21. The van der Waals surface area contributed by atoms with Crippen molar-refractivity contribution in [2.24, 2.45) is 0 Å². The number of amides is 2. The lowest BCUT2D eigenvalue weighted by atomic mass is 9.97. The molecule has 1 fully saturated rings. The van der Waals surface area contributed by atoms with Crippen LogP contribution in [0.3, 0.4) is 0 Å². The first-order valence-corrected chi connectivity index (χ1v) is 11.6. The van der Waals surface area contributed by atoms with Gasteiger partial charge in [-0.25, -0.2) is 9.59 Å². The van der Waals surface area contributed by atoms with Crippen LogP contribution in [0.2, 0.25) is 0 Å². The Hall–Kier alpha value is -3.35. The highest BCUT2D eigenvalue weighted by atomic mass is 16.5. The van der Waals surface area contributed by atoms with Crippen LogP contribution in [-0.4, -0.2) is 41.3 Å². The Bertz CT molecular complexity index is 999. The maximum atomic E-state index is 12.4. The number of carbonyl (C=O) groups excluding carboxylic acids is 2. The van der Waals surface area contributed by atoms with E-state index in [0.717, 1.165) is 24.0 Å². The summed E-state index contributed by atoms with van der Waals surface area (Å²) >= 11 is 0. The monoisotopic (exact) mass is 450 g/mol. The van der Waals surface area contributed by atoms with Gasteiger partial charge < -0.3 is 20.5 Å². The van der Waals surface area contributed by atoms with Gasteiger partial charge in [0.15, 0.2) is 0 Å². The Kier molecular flexibility index (Phi) is 6.67. The van der Waals surface area contributed by atoms with E-state index in [0.29, 0.717) is 19.3 Å². The minimum atomic E-state index is -1.14. The van der Waals surface area contributed by atoms with Crippen LogP contribution in [-0.2, 0) is 14.3 Å². The van der Waals surface area contributed by atoms with Crippen LogP contribution >= 0.6 is 0 Å². The molecular weight excluding hydrogens is 420 g/mol. The van der Waals surface area contributed by atoms with Crippen LogP contribution in [0.1, 0.15) is 62.5 Å². The van der Waals surface area contributed by atoms with Gasteiger partial charge in [0.1, 0.15) is 12.1 Å². The number of aliphatic carboxylic acids is 1. The zero-order chi connectivity index (χ0) is 23.4. The van der Waals surface area contributed by atoms with E-state index in [1.54, 1.807) is 6.92 Å². The normalized spacial score (nSPS) is 17.0. The number of nitrogens with one attached hydrogen (secondary N) is 2. The predicted octanol–water partition coefficient (Wildman–Crippen LogP) is 4.21. The molecule has 0 radical (unpaired) electrons. The molecule has 33 heavy (non-hydrogen) atoms. The second-order valence-electron chi connectivity index (χ2n) is 9.05. The van der Waals surface area contributed by atoms with Gasteiger partial charge in [0.05, 0.1) is 0 Å². The first-order valence-electron chi connectivity index (χ1n) is 11.6. The number of benzene rings is 2. The summed E-state index contributed by atoms with van der Waals surface area (Å²) in [5.74, 6) is -1.29. The van der Waals surface area contributed by atoms with E-state index in [9.17, 15) is 19.5 Å². The molecule has 7 heteroatoms. The van der Waals surface area contributed by atoms with Gasteiger partial charge >= 0.3 is 12.1 Å². The molecule has 1 unspecified atom stereocenters. The molecule has 0 heterocycles.